The van der Waals surface area contributed by atoms with E-state index < -0.39 is 0 Å². The van der Waals surface area contributed by atoms with Crippen molar-refractivity contribution in [2.75, 3.05) is 26.2 Å². The summed E-state index contributed by atoms with van der Waals surface area (Å²) in [5.41, 5.74) is 1.10. The molecule has 5 nitrogen and oxygen atoms in total. The highest BCUT2D eigenvalue weighted by Crippen LogP contribution is 2.11. The van der Waals surface area contributed by atoms with Crippen LogP contribution in [-0.4, -0.2) is 47.9 Å². The summed E-state index contributed by atoms with van der Waals surface area (Å²) in [5, 5.41) is 0. The number of piperazine rings is 1. The van der Waals surface area contributed by atoms with Crippen LogP contribution in [0.25, 0.3) is 0 Å². The molecule has 2 aromatic rings. The molecule has 0 saturated carbocycles. The Bertz CT molecular complexity index is 670. The Kier molecular flexibility index (Phi) is 5.23. The zero-order valence-electron chi connectivity index (χ0n) is 13.4. The first kappa shape index (κ1) is 16.2. The van der Waals surface area contributed by atoms with Crippen LogP contribution in [0.2, 0.25) is 0 Å². The molecule has 3 rings (SSSR count). The normalized spacial score (nSPS) is 15.6. The molecule has 0 radical (unpaired) electrons. The number of rotatable bonds is 6. The van der Waals surface area contributed by atoms with Crippen LogP contribution >= 0.6 is 0 Å². The fraction of sp³-hybridized carbons (Fsp3) is 0.263. The van der Waals surface area contributed by atoms with Gasteiger partial charge in [-0.15, -0.1) is 0 Å². The van der Waals surface area contributed by atoms with Crippen LogP contribution < -0.4 is 4.74 Å². The maximum atomic E-state index is 12.3. The van der Waals surface area contributed by atoms with Gasteiger partial charge in [0.15, 0.2) is 0 Å². The number of amides is 2. The number of ether oxygens (including phenoxy) is 1. The first-order chi connectivity index (χ1) is 11.7. The highest BCUT2D eigenvalue weighted by Gasteiger charge is 2.30. The minimum absolute atomic E-state index is 0.168. The summed E-state index contributed by atoms with van der Waals surface area (Å²) in [7, 11) is 0. The van der Waals surface area contributed by atoms with E-state index in [-0.39, 0.29) is 31.4 Å². The molecule has 0 atom stereocenters. The minimum atomic E-state index is -0.168. The summed E-state index contributed by atoms with van der Waals surface area (Å²) < 4.78 is 5.57. The van der Waals surface area contributed by atoms with E-state index in [1.54, 1.807) is 0 Å². The molecule has 1 fully saturated rings. The van der Waals surface area contributed by atoms with E-state index in [1.165, 1.54) is 4.90 Å². The van der Waals surface area contributed by atoms with E-state index in [0.717, 1.165) is 11.3 Å². The molecule has 124 valence electrons. The van der Waals surface area contributed by atoms with E-state index in [1.807, 2.05) is 65.6 Å². The highest BCUT2D eigenvalue weighted by atomic mass is 16.5. The van der Waals surface area contributed by atoms with Crippen molar-refractivity contribution in [1.29, 1.82) is 0 Å². The summed E-state index contributed by atoms with van der Waals surface area (Å²) >= 11 is 0. The van der Waals surface area contributed by atoms with E-state index in [2.05, 4.69) is 0 Å². The van der Waals surface area contributed by atoms with Gasteiger partial charge in [-0.3, -0.25) is 19.4 Å². The standard InChI is InChI=1S/C19H20N2O3/c22-18-14-20(13-16-7-3-1-4-8-16)15-19(23)21(18)11-12-24-17-9-5-2-6-10-17/h1-10H,11-15H2. The third-order valence-corrected chi connectivity index (χ3v) is 3.90. The number of benzene rings is 2. The van der Waals surface area contributed by atoms with Gasteiger partial charge in [-0.1, -0.05) is 48.5 Å². The fourth-order valence-electron chi connectivity index (χ4n) is 2.72. The van der Waals surface area contributed by atoms with Crippen molar-refractivity contribution in [1.82, 2.24) is 9.80 Å². The van der Waals surface area contributed by atoms with Gasteiger partial charge in [-0.25, -0.2) is 0 Å². The summed E-state index contributed by atoms with van der Waals surface area (Å²) in [4.78, 5) is 27.7. The first-order valence-corrected chi connectivity index (χ1v) is 8.00. The lowest BCUT2D eigenvalue weighted by molar-refractivity contribution is -0.151. The van der Waals surface area contributed by atoms with Gasteiger partial charge in [0, 0.05) is 6.54 Å². The van der Waals surface area contributed by atoms with Gasteiger partial charge < -0.3 is 4.74 Å². The van der Waals surface area contributed by atoms with E-state index in [9.17, 15) is 9.59 Å². The van der Waals surface area contributed by atoms with E-state index >= 15 is 0 Å². The fourth-order valence-corrected chi connectivity index (χ4v) is 2.72. The number of carbonyl (C=O) groups is 2. The molecular formula is C19H20N2O3. The maximum absolute atomic E-state index is 12.3. The third-order valence-electron chi connectivity index (χ3n) is 3.90. The molecular weight excluding hydrogens is 304 g/mol. The van der Waals surface area contributed by atoms with Crippen molar-refractivity contribution in [3.05, 3.63) is 66.2 Å². The Morgan fingerprint density at radius 2 is 1.42 bits per heavy atom. The Balaban J connectivity index is 1.50. The Morgan fingerprint density at radius 3 is 2.04 bits per heavy atom. The molecule has 0 unspecified atom stereocenters. The SMILES string of the molecule is O=C1CN(Cc2ccccc2)CC(=O)N1CCOc1ccccc1. The second kappa shape index (κ2) is 7.75. The van der Waals surface area contributed by atoms with E-state index in [0.29, 0.717) is 13.2 Å². The van der Waals surface area contributed by atoms with Crippen LogP contribution in [0, 0.1) is 0 Å². The van der Waals surface area contributed by atoms with Crippen molar-refractivity contribution in [3.8, 4) is 5.75 Å². The average Bonchev–Trinajstić information content (AvgIpc) is 2.59. The largest absolute Gasteiger partial charge is 0.492 e. The van der Waals surface area contributed by atoms with Crippen molar-refractivity contribution in [2.24, 2.45) is 0 Å². The lowest BCUT2D eigenvalue weighted by atomic mass is 10.2. The molecule has 2 amide bonds. The quantitative estimate of drug-likeness (QED) is 0.762. The van der Waals surface area contributed by atoms with Crippen LogP contribution in [0.1, 0.15) is 5.56 Å². The lowest BCUT2D eigenvalue weighted by Crippen LogP contribution is -2.54. The molecule has 1 saturated heterocycles. The Hall–Kier alpha value is -2.66. The molecule has 0 aromatic heterocycles. The molecule has 0 N–H and O–H groups in total. The molecule has 24 heavy (non-hydrogen) atoms. The van der Waals surface area contributed by atoms with Crippen LogP contribution in [0.4, 0.5) is 0 Å². The minimum Gasteiger partial charge on any atom is -0.492 e. The van der Waals surface area contributed by atoms with Gasteiger partial charge in [-0.2, -0.15) is 0 Å². The summed E-state index contributed by atoms with van der Waals surface area (Å²) in [6, 6.07) is 19.2. The number of para-hydroxylation sites is 1. The van der Waals surface area contributed by atoms with Gasteiger partial charge in [-0.05, 0) is 17.7 Å². The monoisotopic (exact) mass is 324 g/mol. The molecule has 2 aromatic carbocycles. The topological polar surface area (TPSA) is 49.9 Å². The highest BCUT2D eigenvalue weighted by molar-refractivity contribution is 5.99. The third kappa shape index (κ3) is 4.20. The predicted octanol–water partition coefficient (Wildman–Crippen LogP) is 1.94. The summed E-state index contributed by atoms with van der Waals surface area (Å²) in [6.07, 6.45) is 0. The molecule has 0 spiro atoms. The number of hydrogen-bond donors (Lipinski definition) is 0. The Labute approximate surface area is 141 Å². The number of carbonyl (C=O) groups excluding carboxylic acids is 2. The van der Waals surface area contributed by atoms with Gasteiger partial charge >= 0.3 is 0 Å². The zero-order valence-corrected chi connectivity index (χ0v) is 13.4. The first-order valence-electron chi connectivity index (χ1n) is 8.00. The van der Waals surface area contributed by atoms with Crippen LogP contribution in [0.15, 0.2) is 60.7 Å². The number of hydrogen-bond acceptors (Lipinski definition) is 4. The zero-order chi connectivity index (χ0) is 16.8. The predicted molar refractivity (Wildman–Crippen MR) is 90.4 cm³/mol. The lowest BCUT2D eigenvalue weighted by Gasteiger charge is -2.32. The van der Waals surface area contributed by atoms with Gasteiger partial charge in [0.05, 0.1) is 19.6 Å². The van der Waals surface area contributed by atoms with Crippen molar-refractivity contribution < 1.29 is 14.3 Å². The van der Waals surface area contributed by atoms with Crippen LogP contribution in [0.3, 0.4) is 0 Å². The second-order valence-electron chi connectivity index (χ2n) is 5.73. The molecule has 1 aliphatic heterocycles. The van der Waals surface area contributed by atoms with Crippen LogP contribution in [0.5, 0.6) is 5.75 Å². The number of nitrogens with zero attached hydrogens (tertiary/aromatic N) is 2. The van der Waals surface area contributed by atoms with Crippen molar-refractivity contribution in [3.63, 3.8) is 0 Å². The van der Waals surface area contributed by atoms with Gasteiger partial charge in [0.1, 0.15) is 12.4 Å². The average molecular weight is 324 g/mol. The number of imide groups is 1. The maximum Gasteiger partial charge on any atom is 0.243 e. The summed E-state index contributed by atoms with van der Waals surface area (Å²) in [6.45, 7) is 1.70. The van der Waals surface area contributed by atoms with Crippen LogP contribution in [-0.2, 0) is 16.1 Å². The molecule has 1 aliphatic rings. The molecule has 0 bridgehead atoms. The smallest absolute Gasteiger partial charge is 0.243 e. The summed E-state index contributed by atoms with van der Waals surface area (Å²) in [5.74, 6) is 0.401. The van der Waals surface area contributed by atoms with Crippen molar-refractivity contribution in [2.45, 2.75) is 6.54 Å². The molecule has 5 heteroatoms. The molecule has 1 heterocycles. The second-order valence-corrected chi connectivity index (χ2v) is 5.73. The van der Waals surface area contributed by atoms with E-state index in [4.69, 9.17) is 4.74 Å². The Morgan fingerprint density at radius 1 is 0.833 bits per heavy atom. The van der Waals surface area contributed by atoms with Gasteiger partial charge in [0.25, 0.3) is 0 Å². The molecule has 0 aliphatic carbocycles. The van der Waals surface area contributed by atoms with Crippen molar-refractivity contribution >= 4 is 11.8 Å². The van der Waals surface area contributed by atoms with Gasteiger partial charge in [0.2, 0.25) is 11.8 Å².